The normalized spacial score (nSPS) is 15.6. The standard InChI is InChI=1S/C17H19N3O/c1-12(10-18)8-9-13(2)17(19-3)20-15-11-21-16-7-5-4-6-14(15)16/h6-9,11-12H,2,4-5H2,1,3H3,(H,19,20)/b9-8-/t12-/m1/s1. The van der Waals surface area contributed by atoms with Gasteiger partial charge in [-0.2, -0.15) is 5.26 Å². The van der Waals surface area contributed by atoms with Crippen molar-refractivity contribution in [2.24, 2.45) is 10.9 Å². The van der Waals surface area contributed by atoms with Crippen LogP contribution >= 0.6 is 0 Å². The minimum atomic E-state index is -0.149. The smallest absolute Gasteiger partial charge is 0.131 e. The topological polar surface area (TPSA) is 61.3 Å². The Hall–Kier alpha value is -2.54. The summed E-state index contributed by atoms with van der Waals surface area (Å²) in [7, 11) is 1.71. The Bertz CT molecular complexity index is 744. The highest BCUT2D eigenvalue weighted by molar-refractivity contribution is 6.09. The molecule has 1 aliphatic rings. The summed E-state index contributed by atoms with van der Waals surface area (Å²) >= 11 is 0. The molecule has 1 aromatic rings. The van der Waals surface area contributed by atoms with Crippen molar-refractivity contribution in [3.05, 3.63) is 41.2 Å². The van der Waals surface area contributed by atoms with Crippen LogP contribution in [0.1, 0.15) is 19.8 Å². The van der Waals surface area contributed by atoms with E-state index in [0.29, 0.717) is 5.84 Å². The average molecular weight is 281 g/mol. The van der Waals surface area contributed by atoms with Gasteiger partial charge in [0, 0.05) is 17.8 Å². The zero-order valence-electron chi connectivity index (χ0n) is 12.4. The lowest BCUT2D eigenvalue weighted by Gasteiger charge is -2.08. The Labute approximate surface area is 124 Å². The van der Waals surface area contributed by atoms with Crippen molar-refractivity contribution in [3.8, 4) is 6.07 Å². The molecule has 0 amide bonds. The minimum Gasteiger partial charge on any atom is -0.462 e. The highest BCUT2D eigenvalue weighted by Crippen LogP contribution is 2.07. The summed E-state index contributed by atoms with van der Waals surface area (Å²) in [5.41, 5.74) is 2.53. The number of rotatable bonds is 4. The summed E-state index contributed by atoms with van der Waals surface area (Å²) in [6, 6.07) is 2.15. The summed E-state index contributed by atoms with van der Waals surface area (Å²) in [4.78, 5) is 4.22. The van der Waals surface area contributed by atoms with Crippen LogP contribution in [0.2, 0.25) is 0 Å². The van der Waals surface area contributed by atoms with Gasteiger partial charge in [0.2, 0.25) is 0 Å². The van der Waals surface area contributed by atoms with Gasteiger partial charge >= 0.3 is 0 Å². The second kappa shape index (κ2) is 6.76. The van der Waals surface area contributed by atoms with Gasteiger partial charge in [0.15, 0.2) is 0 Å². The van der Waals surface area contributed by atoms with Gasteiger partial charge in [-0.15, -0.1) is 0 Å². The van der Waals surface area contributed by atoms with Crippen molar-refractivity contribution < 1.29 is 4.42 Å². The monoisotopic (exact) mass is 281 g/mol. The molecule has 0 spiro atoms. The maximum atomic E-state index is 8.79. The lowest BCUT2D eigenvalue weighted by Crippen LogP contribution is -2.27. The molecule has 0 bridgehead atoms. The molecule has 1 atom stereocenters. The molecule has 0 aliphatic heterocycles. The van der Waals surface area contributed by atoms with E-state index in [4.69, 9.17) is 9.68 Å². The van der Waals surface area contributed by atoms with Crippen LogP contribution in [0, 0.1) is 17.2 Å². The van der Waals surface area contributed by atoms with E-state index in [-0.39, 0.29) is 5.92 Å². The van der Waals surface area contributed by atoms with Crippen LogP contribution < -0.4 is 16.0 Å². The zero-order valence-corrected chi connectivity index (χ0v) is 12.4. The number of allylic oxidation sites excluding steroid dienone is 1. The molecule has 0 radical (unpaired) electrons. The third-order valence-electron chi connectivity index (χ3n) is 3.27. The fourth-order valence-corrected chi connectivity index (χ4v) is 2.08. The molecule has 1 aromatic heterocycles. The summed E-state index contributed by atoms with van der Waals surface area (Å²) in [6.45, 7) is 5.82. The fourth-order valence-electron chi connectivity index (χ4n) is 2.08. The number of furan rings is 1. The van der Waals surface area contributed by atoms with Crippen LogP contribution in [0.5, 0.6) is 0 Å². The number of nitriles is 1. The third kappa shape index (κ3) is 3.51. The highest BCUT2D eigenvalue weighted by Gasteiger charge is 2.08. The summed E-state index contributed by atoms with van der Waals surface area (Å²) in [6.07, 6.45) is 11.6. The quantitative estimate of drug-likeness (QED) is 0.523. The number of amidine groups is 1. The molecule has 0 unspecified atom stereocenters. The minimum absolute atomic E-state index is 0.149. The number of fused-ring (bicyclic) bond motifs is 1. The molecule has 4 heteroatoms. The van der Waals surface area contributed by atoms with Crippen LogP contribution in [-0.2, 0) is 0 Å². The van der Waals surface area contributed by atoms with Gasteiger partial charge in [-0.05, 0) is 25.8 Å². The van der Waals surface area contributed by atoms with Crippen molar-refractivity contribution in [2.45, 2.75) is 19.8 Å². The first-order valence-electron chi connectivity index (χ1n) is 6.94. The zero-order chi connectivity index (χ0) is 15.2. The average Bonchev–Trinajstić information content (AvgIpc) is 2.93. The second-order valence-electron chi connectivity index (χ2n) is 4.91. The van der Waals surface area contributed by atoms with E-state index in [9.17, 15) is 0 Å². The lowest BCUT2D eigenvalue weighted by molar-refractivity contribution is 0.529. The Morgan fingerprint density at radius 3 is 3.00 bits per heavy atom. The SMILES string of the molecule is C=C(/C=C\[C@@H](C)C#N)C(=NC)Nc1coc2c1=CCCC=2. The summed E-state index contributed by atoms with van der Waals surface area (Å²) < 4.78 is 5.53. The number of nitrogens with one attached hydrogen (secondary N) is 1. The fraction of sp³-hybridized carbons (Fsp3) is 0.294. The maximum Gasteiger partial charge on any atom is 0.131 e. The van der Waals surface area contributed by atoms with Crippen LogP contribution in [-0.4, -0.2) is 12.9 Å². The molecular weight excluding hydrogens is 262 g/mol. The first-order chi connectivity index (χ1) is 10.2. The molecule has 1 N–H and O–H groups in total. The van der Waals surface area contributed by atoms with Crippen LogP contribution in [0.25, 0.3) is 12.2 Å². The molecule has 4 nitrogen and oxygen atoms in total. The number of anilines is 1. The van der Waals surface area contributed by atoms with E-state index in [1.807, 2.05) is 13.0 Å². The first kappa shape index (κ1) is 14.9. The van der Waals surface area contributed by atoms with Gasteiger partial charge in [-0.3, -0.25) is 4.99 Å². The first-order valence-corrected chi connectivity index (χ1v) is 6.94. The Morgan fingerprint density at radius 2 is 2.29 bits per heavy atom. The molecule has 1 heterocycles. The number of hydrogen-bond acceptors (Lipinski definition) is 3. The Balaban J connectivity index is 2.18. The van der Waals surface area contributed by atoms with Crippen molar-refractivity contribution in [1.29, 1.82) is 5.26 Å². The van der Waals surface area contributed by atoms with Crippen LogP contribution in [0.4, 0.5) is 5.69 Å². The number of hydrogen-bond donors (Lipinski definition) is 1. The molecule has 1 aliphatic carbocycles. The van der Waals surface area contributed by atoms with E-state index < -0.39 is 0 Å². The molecular formula is C17H19N3O. The van der Waals surface area contributed by atoms with Gasteiger partial charge in [0.25, 0.3) is 0 Å². The molecule has 0 fully saturated rings. The molecule has 2 rings (SSSR count). The van der Waals surface area contributed by atoms with E-state index in [1.54, 1.807) is 19.4 Å². The van der Waals surface area contributed by atoms with Crippen molar-refractivity contribution in [3.63, 3.8) is 0 Å². The molecule has 0 aromatic carbocycles. The Kier molecular flexibility index (Phi) is 4.78. The predicted molar refractivity (Wildman–Crippen MR) is 86.2 cm³/mol. The van der Waals surface area contributed by atoms with Gasteiger partial charge < -0.3 is 9.73 Å². The summed E-state index contributed by atoms with van der Waals surface area (Å²) in [5, 5.41) is 13.1. The van der Waals surface area contributed by atoms with Gasteiger partial charge in [0.05, 0.1) is 17.7 Å². The predicted octanol–water partition coefficient (Wildman–Crippen LogP) is 2.35. The molecule has 0 saturated heterocycles. The number of nitrogens with zero attached hydrogens (tertiary/aromatic N) is 2. The second-order valence-corrected chi connectivity index (χ2v) is 4.91. The van der Waals surface area contributed by atoms with E-state index in [2.05, 4.69) is 35.1 Å². The van der Waals surface area contributed by atoms with E-state index in [0.717, 1.165) is 34.7 Å². The molecule has 21 heavy (non-hydrogen) atoms. The van der Waals surface area contributed by atoms with Crippen LogP contribution in [0.15, 0.2) is 40.0 Å². The maximum absolute atomic E-state index is 8.79. The highest BCUT2D eigenvalue weighted by atomic mass is 16.3. The lowest BCUT2D eigenvalue weighted by atomic mass is 10.1. The van der Waals surface area contributed by atoms with Crippen LogP contribution in [0.3, 0.4) is 0 Å². The van der Waals surface area contributed by atoms with Gasteiger partial charge in [-0.1, -0.05) is 24.8 Å². The van der Waals surface area contributed by atoms with Crippen molar-refractivity contribution in [1.82, 2.24) is 0 Å². The molecule has 0 saturated carbocycles. The Morgan fingerprint density at radius 1 is 1.52 bits per heavy atom. The van der Waals surface area contributed by atoms with Gasteiger partial charge in [0.1, 0.15) is 17.5 Å². The van der Waals surface area contributed by atoms with E-state index >= 15 is 0 Å². The number of aliphatic imine (C=N–C) groups is 1. The van der Waals surface area contributed by atoms with Crippen molar-refractivity contribution in [2.75, 3.05) is 12.4 Å². The largest absolute Gasteiger partial charge is 0.462 e. The van der Waals surface area contributed by atoms with E-state index in [1.165, 1.54) is 0 Å². The third-order valence-corrected chi connectivity index (χ3v) is 3.27. The van der Waals surface area contributed by atoms with Gasteiger partial charge in [-0.25, -0.2) is 0 Å². The molecule has 108 valence electrons. The summed E-state index contributed by atoms with van der Waals surface area (Å²) in [5.74, 6) is 0.517. The van der Waals surface area contributed by atoms with Crippen molar-refractivity contribution >= 4 is 23.7 Å².